The lowest BCUT2D eigenvalue weighted by molar-refractivity contribution is 0.362. The maximum absolute atomic E-state index is 11.8. The summed E-state index contributed by atoms with van der Waals surface area (Å²) in [6.45, 7) is 5.73. The summed E-state index contributed by atoms with van der Waals surface area (Å²) in [7, 11) is 0. The van der Waals surface area contributed by atoms with Crippen LogP contribution in [0.25, 0.3) is 0 Å². The first-order valence-electron chi connectivity index (χ1n) is 3.58. The predicted molar refractivity (Wildman–Crippen MR) is 38.3 cm³/mol. The highest BCUT2D eigenvalue weighted by Gasteiger charge is 1.97. The zero-order valence-corrected chi connectivity index (χ0v) is 6.28. The number of hydrogen-bond donors (Lipinski definition) is 1. The maximum Gasteiger partial charge on any atom is 0.0920 e. The summed E-state index contributed by atoms with van der Waals surface area (Å²) < 4.78 is 11.8. The highest BCUT2D eigenvalue weighted by atomic mass is 19.1. The van der Waals surface area contributed by atoms with E-state index in [1.54, 1.807) is 0 Å². The number of rotatable bonds is 5. The Morgan fingerprint density at radius 3 is 2.67 bits per heavy atom. The summed E-state index contributed by atoms with van der Waals surface area (Å²) in [6.07, 6.45) is 0.949. The maximum atomic E-state index is 11.8. The monoisotopic (exact) mass is 133 g/mol. The van der Waals surface area contributed by atoms with Crippen LogP contribution >= 0.6 is 0 Å². The molecule has 0 saturated heterocycles. The van der Waals surface area contributed by atoms with Gasteiger partial charge in [-0.05, 0) is 25.4 Å². The minimum Gasteiger partial charge on any atom is -0.317 e. The second-order valence-corrected chi connectivity index (χ2v) is 2.40. The molecule has 1 nitrogen and oxygen atoms in total. The third-order valence-corrected chi connectivity index (χ3v) is 1.33. The second-order valence-electron chi connectivity index (χ2n) is 2.40. The van der Waals surface area contributed by atoms with Crippen molar-refractivity contribution in [1.82, 2.24) is 5.32 Å². The predicted octanol–water partition coefficient (Wildman–Crippen LogP) is 1.59. The van der Waals surface area contributed by atoms with Gasteiger partial charge in [0.15, 0.2) is 0 Å². The highest BCUT2D eigenvalue weighted by molar-refractivity contribution is 4.52. The molecule has 56 valence electrons. The molecule has 0 bridgehead atoms. The summed E-state index contributed by atoms with van der Waals surface area (Å²) in [4.78, 5) is 0. The van der Waals surface area contributed by atoms with Crippen LogP contribution in [0.4, 0.5) is 4.39 Å². The second kappa shape index (κ2) is 6.02. The van der Waals surface area contributed by atoms with E-state index in [9.17, 15) is 4.39 Å². The van der Waals surface area contributed by atoms with E-state index in [2.05, 4.69) is 12.2 Å². The van der Waals surface area contributed by atoms with Crippen LogP contribution in [0, 0.1) is 5.92 Å². The van der Waals surface area contributed by atoms with E-state index in [0.29, 0.717) is 0 Å². The lowest BCUT2D eigenvalue weighted by Gasteiger charge is -2.05. The van der Waals surface area contributed by atoms with Gasteiger partial charge in [0.05, 0.1) is 6.67 Å². The molecule has 0 aromatic carbocycles. The number of halogens is 1. The van der Waals surface area contributed by atoms with Gasteiger partial charge in [0.1, 0.15) is 0 Å². The van der Waals surface area contributed by atoms with Crippen molar-refractivity contribution in [3.63, 3.8) is 0 Å². The van der Waals surface area contributed by atoms with Crippen LogP contribution in [0.3, 0.4) is 0 Å². The smallest absolute Gasteiger partial charge is 0.0920 e. The molecule has 1 N–H and O–H groups in total. The molecular formula is C7H16FN. The fourth-order valence-corrected chi connectivity index (χ4v) is 0.602. The Balaban J connectivity index is 2.88. The van der Waals surface area contributed by atoms with Gasteiger partial charge in [-0.25, -0.2) is 0 Å². The van der Waals surface area contributed by atoms with Gasteiger partial charge in [-0.2, -0.15) is 0 Å². The molecule has 0 aromatic rings. The van der Waals surface area contributed by atoms with Crippen LogP contribution < -0.4 is 5.32 Å². The summed E-state index contributed by atoms with van der Waals surface area (Å²) in [5.74, 6) is 0.226. The average molecular weight is 133 g/mol. The lowest BCUT2D eigenvalue weighted by atomic mass is 10.1. The van der Waals surface area contributed by atoms with Crippen molar-refractivity contribution in [2.24, 2.45) is 5.92 Å². The molecule has 0 aliphatic rings. The molecule has 2 heteroatoms. The van der Waals surface area contributed by atoms with Crippen LogP contribution in [0.1, 0.15) is 20.3 Å². The molecule has 1 atom stereocenters. The van der Waals surface area contributed by atoms with E-state index in [1.165, 1.54) is 0 Å². The fraction of sp³-hybridized carbons (Fsp3) is 1.00. The van der Waals surface area contributed by atoms with Gasteiger partial charge in [0, 0.05) is 0 Å². The van der Waals surface area contributed by atoms with Gasteiger partial charge in [0.2, 0.25) is 0 Å². The minimum absolute atomic E-state index is 0.189. The van der Waals surface area contributed by atoms with E-state index < -0.39 is 0 Å². The zero-order chi connectivity index (χ0) is 7.11. The largest absolute Gasteiger partial charge is 0.317 e. The summed E-state index contributed by atoms with van der Waals surface area (Å²) in [6, 6.07) is 0. The van der Waals surface area contributed by atoms with Crippen LogP contribution in [0.15, 0.2) is 0 Å². The molecule has 1 unspecified atom stereocenters. The van der Waals surface area contributed by atoms with Crippen LogP contribution in [-0.4, -0.2) is 19.8 Å². The Morgan fingerprint density at radius 1 is 1.56 bits per heavy atom. The average Bonchev–Trinajstić information content (AvgIpc) is 1.89. The van der Waals surface area contributed by atoms with E-state index >= 15 is 0 Å². The van der Waals surface area contributed by atoms with Crippen molar-refractivity contribution < 1.29 is 4.39 Å². The molecule has 0 saturated carbocycles. The zero-order valence-electron chi connectivity index (χ0n) is 6.28. The number of nitrogens with one attached hydrogen (secondary N) is 1. The Bertz CT molecular complexity index is 56.9. The van der Waals surface area contributed by atoms with Crippen molar-refractivity contribution in [1.29, 1.82) is 0 Å². The molecule has 9 heavy (non-hydrogen) atoms. The Kier molecular flexibility index (Phi) is 5.94. The Hall–Kier alpha value is -0.110. The first-order valence-corrected chi connectivity index (χ1v) is 3.58. The standard InChI is InChI=1S/C7H16FN/c1-3-9-5-4-7(2)6-8/h7,9H,3-6H2,1-2H3. The third-order valence-electron chi connectivity index (χ3n) is 1.33. The third kappa shape index (κ3) is 5.77. The summed E-state index contributed by atoms with van der Waals surface area (Å²) in [5.41, 5.74) is 0. The molecule has 0 rings (SSSR count). The molecule has 0 aromatic heterocycles. The van der Waals surface area contributed by atoms with Gasteiger partial charge in [-0.15, -0.1) is 0 Å². The molecule has 0 amide bonds. The van der Waals surface area contributed by atoms with Crippen molar-refractivity contribution in [2.45, 2.75) is 20.3 Å². The topological polar surface area (TPSA) is 12.0 Å². The van der Waals surface area contributed by atoms with Crippen LogP contribution in [-0.2, 0) is 0 Å². The minimum atomic E-state index is -0.189. The molecule has 0 aliphatic carbocycles. The van der Waals surface area contributed by atoms with Crippen molar-refractivity contribution >= 4 is 0 Å². The Morgan fingerprint density at radius 2 is 2.22 bits per heavy atom. The molecule has 0 heterocycles. The normalized spacial score (nSPS) is 13.7. The molecule has 0 radical (unpaired) electrons. The quantitative estimate of drug-likeness (QED) is 0.561. The fourth-order valence-electron chi connectivity index (χ4n) is 0.602. The van der Waals surface area contributed by atoms with Crippen molar-refractivity contribution in [2.75, 3.05) is 19.8 Å². The summed E-state index contributed by atoms with van der Waals surface area (Å²) >= 11 is 0. The van der Waals surface area contributed by atoms with E-state index in [0.717, 1.165) is 19.5 Å². The first-order chi connectivity index (χ1) is 4.31. The van der Waals surface area contributed by atoms with Gasteiger partial charge in [0.25, 0.3) is 0 Å². The van der Waals surface area contributed by atoms with Crippen LogP contribution in [0.2, 0.25) is 0 Å². The van der Waals surface area contributed by atoms with Crippen molar-refractivity contribution in [3.8, 4) is 0 Å². The van der Waals surface area contributed by atoms with Gasteiger partial charge in [-0.1, -0.05) is 13.8 Å². The molecular weight excluding hydrogens is 117 g/mol. The number of hydrogen-bond acceptors (Lipinski definition) is 1. The van der Waals surface area contributed by atoms with Crippen LogP contribution in [0.5, 0.6) is 0 Å². The Labute approximate surface area is 56.6 Å². The van der Waals surface area contributed by atoms with Crippen molar-refractivity contribution in [3.05, 3.63) is 0 Å². The highest BCUT2D eigenvalue weighted by Crippen LogP contribution is 1.99. The SMILES string of the molecule is CCNCCC(C)CF. The van der Waals surface area contributed by atoms with Gasteiger partial charge in [-0.3, -0.25) is 4.39 Å². The number of alkyl halides is 1. The van der Waals surface area contributed by atoms with Gasteiger partial charge >= 0.3 is 0 Å². The van der Waals surface area contributed by atoms with E-state index in [-0.39, 0.29) is 12.6 Å². The van der Waals surface area contributed by atoms with E-state index in [4.69, 9.17) is 0 Å². The summed E-state index contributed by atoms with van der Waals surface area (Å²) in [5, 5.41) is 3.15. The first kappa shape index (κ1) is 8.89. The molecule has 0 fully saturated rings. The molecule has 0 spiro atoms. The lowest BCUT2D eigenvalue weighted by Crippen LogP contribution is -2.16. The van der Waals surface area contributed by atoms with Gasteiger partial charge < -0.3 is 5.32 Å². The van der Waals surface area contributed by atoms with E-state index in [1.807, 2.05) is 6.92 Å². The molecule has 0 aliphatic heterocycles.